The van der Waals surface area contributed by atoms with E-state index in [1.165, 1.54) is 57.5 Å². The summed E-state index contributed by atoms with van der Waals surface area (Å²) in [6.07, 6.45) is 7.07. The third-order valence-corrected chi connectivity index (χ3v) is 5.70. The molecular weight excluding hydrogens is 216 g/mol. The van der Waals surface area contributed by atoms with Crippen LogP contribution in [-0.2, 0) is 0 Å². The summed E-state index contributed by atoms with van der Waals surface area (Å²) in [7, 11) is 0. The van der Waals surface area contributed by atoms with E-state index in [-0.39, 0.29) is 0 Å². The number of nitrogens with one attached hydrogen (secondary N) is 1. The van der Waals surface area contributed by atoms with Crippen LogP contribution in [0.4, 0.5) is 0 Å². The molecule has 0 spiro atoms. The molecule has 3 heteroatoms. The molecule has 2 nitrogen and oxygen atoms in total. The van der Waals surface area contributed by atoms with Crippen molar-refractivity contribution < 1.29 is 0 Å². The summed E-state index contributed by atoms with van der Waals surface area (Å²) in [6.45, 7) is 6.40. The average Bonchev–Trinajstić information content (AvgIpc) is 2.78. The van der Waals surface area contributed by atoms with Gasteiger partial charge in [-0.05, 0) is 51.3 Å². The Morgan fingerprint density at radius 3 is 2.88 bits per heavy atom. The van der Waals surface area contributed by atoms with Crippen LogP contribution in [0.25, 0.3) is 0 Å². The van der Waals surface area contributed by atoms with Crippen LogP contribution in [0.15, 0.2) is 0 Å². The Labute approximate surface area is 104 Å². The molecule has 1 aliphatic carbocycles. The molecule has 1 saturated carbocycles. The number of nitrogens with zero attached hydrogens (tertiary/aromatic N) is 1. The first-order chi connectivity index (χ1) is 7.73. The molecule has 0 radical (unpaired) electrons. The number of rotatable bonds is 4. The Bertz CT molecular complexity index is 246. The standard InChI is InChI=1S/C13H24N2S/c1-13(6-2-8-16-13)10-15-7-5-12(9-15)14-11-3-4-11/h11-12,14H,2-10H2,1H3. The van der Waals surface area contributed by atoms with Crippen LogP contribution in [0.2, 0.25) is 0 Å². The van der Waals surface area contributed by atoms with Gasteiger partial charge in [-0.3, -0.25) is 0 Å². The summed E-state index contributed by atoms with van der Waals surface area (Å²) in [5, 5.41) is 3.77. The second-order valence-electron chi connectivity index (χ2n) is 6.06. The molecule has 2 atom stereocenters. The lowest BCUT2D eigenvalue weighted by molar-refractivity contribution is 0.293. The molecular formula is C13H24N2S. The summed E-state index contributed by atoms with van der Waals surface area (Å²) in [6, 6.07) is 1.67. The lowest BCUT2D eigenvalue weighted by atomic mass is 10.1. The summed E-state index contributed by atoms with van der Waals surface area (Å²) in [5.74, 6) is 1.38. The van der Waals surface area contributed by atoms with Crippen LogP contribution < -0.4 is 5.32 Å². The molecule has 3 aliphatic rings. The van der Waals surface area contributed by atoms with Crippen LogP contribution in [0.5, 0.6) is 0 Å². The van der Waals surface area contributed by atoms with Crippen molar-refractivity contribution in [2.45, 2.75) is 55.9 Å². The van der Waals surface area contributed by atoms with Gasteiger partial charge in [0.1, 0.15) is 0 Å². The van der Waals surface area contributed by atoms with Gasteiger partial charge in [0.15, 0.2) is 0 Å². The zero-order valence-electron chi connectivity index (χ0n) is 10.4. The Kier molecular flexibility index (Phi) is 3.20. The molecule has 3 rings (SSSR count). The topological polar surface area (TPSA) is 15.3 Å². The second-order valence-corrected chi connectivity index (χ2v) is 7.75. The Morgan fingerprint density at radius 1 is 1.31 bits per heavy atom. The van der Waals surface area contributed by atoms with E-state index in [9.17, 15) is 0 Å². The van der Waals surface area contributed by atoms with E-state index >= 15 is 0 Å². The largest absolute Gasteiger partial charge is 0.310 e. The minimum atomic E-state index is 0.564. The first-order valence-corrected chi connectivity index (χ1v) is 7.84. The third kappa shape index (κ3) is 2.74. The van der Waals surface area contributed by atoms with Gasteiger partial charge in [0.25, 0.3) is 0 Å². The molecule has 0 amide bonds. The van der Waals surface area contributed by atoms with Crippen LogP contribution in [0.1, 0.15) is 39.0 Å². The highest BCUT2D eigenvalue weighted by Gasteiger charge is 2.35. The van der Waals surface area contributed by atoms with Gasteiger partial charge in [0, 0.05) is 29.9 Å². The smallest absolute Gasteiger partial charge is 0.0259 e. The third-order valence-electron chi connectivity index (χ3n) is 4.18. The number of thioether (sulfide) groups is 1. The van der Waals surface area contributed by atoms with Crippen molar-refractivity contribution in [1.29, 1.82) is 0 Å². The summed E-state index contributed by atoms with van der Waals surface area (Å²) in [5.41, 5.74) is 0. The van der Waals surface area contributed by atoms with Gasteiger partial charge in [-0.25, -0.2) is 0 Å². The van der Waals surface area contributed by atoms with Crippen molar-refractivity contribution in [2.75, 3.05) is 25.4 Å². The lowest BCUT2D eigenvalue weighted by Gasteiger charge is -2.29. The van der Waals surface area contributed by atoms with E-state index in [0.29, 0.717) is 4.75 Å². The molecule has 0 aromatic heterocycles. The minimum absolute atomic E-state index is 0.564. The van der Waals surface area contributed by atoms with Gasteiger partial charge in [0.05, 0.1) is 0 Å². The quantitative estimate of drug-likeness (QED) is 0.810. The highest BCUT2D eigenvalue weighted by molar-refractivity contribution is 8.00. The predicted molar refractivity (Wildman–Crippen MR) is 71.1 cm³/mol. The Hall–Kier alpha value is 0.270. The van der Waals surface area contributed by atoms with Crippen molar-refractivity contribution in [3.8, 4) is 0 Å². The predicted octanol–water partition coefficient (Wildman–Crippen LogP) is 2.10. The highest BCUT2D eigenvalue weighted by atomic mass is 32.2. The molecule has 1 N–H and O–H groups in total. The fraction of sp³-hybridized carbons (Fsp3) is 1.00. The maximum atomic E-state index is 3.77. The van der Waals surface area contributed by atoms with E-state index in [1.54, 1.807) is 0 Å². The monoisotopic (exact) mass is 240 g/mol. The van der Waals surface area contributed by atoms with Crippen molar-refractivity contribution in [3.63, 3.8) is 0 Å². The van der Waals surface area contributed by atoms with Gasteiger partial charge in [-0.1, -0.05) is 0 Å². The number of likely N-dealkylation sites (tertiary alicyclic amines) is 1. The van der Waals surface area contributed by atoms with Gasteiger partial charge in [-0.15, -0.1) is 0 Å². The summed E-state index contributed by atoms with van der Waals surface area (Å²) in [4.78, 5) is 2.69. The zero-order valence-corrected chi connectivity index (χ0v) is 11.2. The molecule has 0 aromatic carbocycles. The Balaban J connectivity index is 1.45. The summed E-state index contributed by atoms with van der Waals surface area (Å²) >= 11 is 2.20. The van der Waals surface area contributed by atoms with Crippen molar-refractivity contribution in [2.24, 2.45) is 0 Å². The molecule has 2 unspecified atom stereocenters. The van der Waals surface area contributed by atoms with Crippen LogP contribution in [0.3, 0.4) is 0 Å². The van der Waals surface area contributed by atoms with Gasteiger partial charge in [0.2, 0.25) is 0 Å². The van der Waals surface area contributed by atoms with Gasteiger partial charge >= 0.3 is 0 Å². The van der Waals surface area contributed by atoms with Crippen molar-refractivity contribution in [3.05, 3.63) is 0 Å². The van der Waals surface area contributed by atoms with Crippen molar-refractivity contribution >= 4 is 11.8 Å². The summed E-state index contributed by atoms with van der Waals surface area (Å²) < 4.78 is 0.564. The van der Waals surface area contributed by atoms with E-state index in [2.05, 4.69) is 28.9 Å². The van der Waals surface area contributed by atoms with Crippen LogP contribution in [-0.4, -0.2) is 47.1 Å². The van der Waals surface area contributed by atoms with Gasteiger partial charge < -0.3 is 10.2 Å². The molecule has 2 aliphatic heterocycles. The first-order valence-electron chi connectivity index (χ1n) is 6.86. The first kappa shape index (κ1) is 11.4. The SMILES string of the molecule is CC1(CN2CCC(NC3CC3)C2)CCCS1. The maximum absolute atomic E-state index is 3.77. The van der Waals surface area contributed by atoms with E-state index in [0.717, 1.165) is 12.1 Å². The maximum Gasteiger partial charge on any atom is 0.0259 e. The van der Waals surface area contributed by atoms with Crippen LogP contribution >= 0.6 is 11.8 Å². The fourth-order valence-corrected chi connectivity index (χ4v) is 4.47. The molecule has 2 heterocycles. The average molecular weight is 240 g/mol. The normalized spacial score (nSPS) is 40.7. The molecule has 3 fully saturated rings. The second kappa shape index (κ2) is 4.51. The molecule has 2 saturated heterocycles. The molecule has 92 valence electrons. The highest BCUT2D eigenvalue weighted by Crippen LogP contribution is 2.38. The van der Waals surface area contributed by atoms with Crippen molar-refractivity contribution in [1.82, 2.24) is 10.2 Å². The van der Waals surface area contributed by atoms with E-state index in [1.807, 2.05) is 0 Å². The molecule has 0 bridgehead atoms. The van der Waals surface area contributed by atoms with E-state index < -0.39 is 0 Å². The minimum Gasteiger partial charge on any atom is -0.310 e. The fourth-order valence-electron chi connectivity index (χ4n) is 3.13. The van der Waals surface area contributed by atoms with Crippen LogP contribution in [0, 0.1) is 0 Å². The molecule has 0 aromatic rings. The van der Waals surface area contributed by atoms with Gasteiger partial charge in [-0.2, -0.15) is 11.8 Å². The van der Waals surface area contributed by atoms with E-state index in [4.69, 9.17) is 0 Å². The number of hydrogen-bond acceptors (Lipinski definition) is 3. The zero-order chi connectivity index (χ0) is 11.0. The lowest BCUT2D eigenvalue weighted by Crippen LogP contribution is -2.39. The molecule has 16 heavy (non-hydrogen) atoms. The number of hydrogen-bond donors (Lipinski definition) is 1. The Morgan fingerprint density at radius 2 is 2.19 bits per heavy atom.